The summed E-state index contributed by atoms with van der Waals surface area (Å²) in [6, 6.07) is 5.41. The summed E-state index contributed by atoms with van der Waals surface area (Å²) in [4.78, 5) is 22.9. The Kier molecular flexibility index (Phi) is 7.66. The van der Waals surface area contributed by atoms with Crippen molar-refractivity contribution in [3.05, 3.63) is 50.9 Å². The summed E-state index contributed by atoms with van der Waals surface area (Å²) in [5.74, 6) is 0.792. The molecule has 0 atom stereocenters. The predicted molar refractivity (Wildman–Crippen MR) is 104 cm³/mol. The van der Waals surface area contributed by atoms with E-state index in [0.717, 1.165) is 36.9 Å². The molecule has 6 nitrogen and oxygen atoms in total. The second-order valence-electron chi connectivity index (χ2n) is 5.87. The minimum Gasteiger partial charge on any atom is -0.493 e. The Morgan fingerprint density at radius 3 is 2.85 bits per heavy atom. The van der Waals surface area contributed by atoms with Gasteiger partial charge in [-0.1, -0.05) is 25.4 Å². The molecule has 1 aromatic heterocycles. The molecule has 1 aromatic carbocycles. The summed E-state index contributed by atoms with van der Waals surface area (Å²) in [7, 11) is 0. The first-order valence-electron chi connectivity index (χ1n) is 8.81. The van der Waals surface area contributed by atoms with Crippen LogP contribution >= 0.6 is 11.6 Å². The van der Waals surface area contributed by atoms with E-state index in [0.29, 0.717) is 30.9 Å². The molecule has 0 bridgehead atoms. The van der Waals surface area contributed by atoms with E-state index in [-0.39, 0.29) is 10.6 Å². The number of nitrogens with one attached hydrogen (secondary N) is 1. The van der Waals surface area contributed by atoms with Crippen molar-refractivity contribution in [1.82, 2.24) is 9.78 Å². The smallest absolute Gasteiger partial charge is 0.287 e. The van der Waals surface area contributed by atoms with Gasteiger partial charge in [-0.15, -0.1) is 0 Å². The quantitative estimate of drug-likeness (QED) is 0.506. The van der Waals surface area contributed by atoms with Crippen molar-refractivity contribution in [1.29, 1.82) is 0 Å². The van der Waals surface area contributed by atoms with E-state index < -0.39 is 0 Å². The predicted octanol–water partition coefficient (Wildman–Crippen LogP) is 3.56. The van der Waals surface area contributed by atoms with Crippen LogP contribution in [0.3, 0.4) is 0 Å². The molecule has 1 heterocycles. The molecule has 0 unspecified atom stereocenters. The van der Waals surface area contributed by atoms with Crippen molar-refractivity contribution < 1.29 is 9.53 Å². The molecule has 140 valence electrons. The SMILES string of the molecule is CCCn1ncc(NCCCOc2ccc(C=O)cc2CC)c(Cl)c1=O. The van der Waals surface area contributed by atoms with Crippen LogP contribution < -0.4 is 15.6 Å². The highest BCUT2D eigenvalue weighted by molar-refractivity contribution is 6.32. The van der Waals surface area contributed by atoms with Crippen molar-refractivity contribution in [2.45, 2.75) is 39.7 Å². The van der Waals surface area contributed by atoms with E-state index in [9.17, 15) is 9.59 Å². The van der Waals surface area contributed by atoms with Crippen LogP contribution in [0.25, 0.3) is 0 Å². The number of carbonyl (C=O) groups excluding carboxylic acids is 1. The minimum absolute atomic E-state index is 0.159. The summed E-state index contributed by atoms with van der Waals surface area (Å²) in [5, 5.41) is 7.39. The molecule has 2 aromatic rings. The van der Waals surface area contributed by atoms with Gasteiger partial charge < -0.3 is 10.1 Å². The Balaban J connectivity index is 1.85. The van der Waals surface area contributed by atoms with Gasteiger partial charge in [0.25, 0.3) is 5.56 Å². The van der Waals surface area contributed by atoms with Crippen molar-refractivity contribution in [3.63, 3.8) is 0 Å². The average molecular weight is 378 g/mol. The number of ether oxygens (including phenoxy) is 1. The van der Waals surface area contributed by atoms with E-state index >= 15 is 0 Å². The van der Waals surface area contributed by atoms with Gasteiger partial charge in [0.05, 0.1) is 18.5 Å². The number of aryl methyl sites for hydroxylation is 2. The molecular formula is C19H24ClN3O3. The number of benzene rings is 1. The summed E-state index contributed by atoms with van der Waals surface area (Å²) >= 11 is 6.12. The Morgan fingerprint density at radius 2 is 2.15 bits per heavy atom. The Labute approximate surface area is 158 Å². The van der Waals surface area contributed by atoms with Gasteiger partial charge >= 0.3 is 0 Å². The van der Waals surface area contributed by atoms with Crippen LogP contribution in [-0.4, -0.2) is 29.2 Å². The van der Waals surface area contributed by atoms with E-state index in [2.05, 4.69) is 10.4 Å². The number of hydrogen-bond acceptors (Lipinski definition) is 5. The number of hydrogen-bond donors (Lipinski definition) is 1. The molecule has 0 saturated heterocycles. The maximum Gasteiger partial charge on any atom is 0.287 e. The number of halogens is 1. The van der Waals surface area contributed by atoms with Gasteiger partial charge in [-0.2, -0.15) is 5.10 Å². The lowest BCUT2D eigenvalue weighted by Gasteiger charge is -2.12. The second kappa shape index (κ2) is 9.97. The van der Waals surface area contributed by atoms with Crippen molar-refractivity contribution >= 4 is 23.6 Å². The van der Waals surface area contributed by atoms with Gasteiger partial charge in [0.2, 0.25) is 0 Å². The minimum atomic E-state index is -0.280. The standard InChI is InChI=1S/C19H24ClN3O3/c1-3-9-23-19(25)18(20)16(12-22-23)21-8-5-10-26-17-7-6-14(13-24)11-15(17)4-2/h6-7,11-13,21H,3-5,8-10H2,1-2H3. The lowest BCUT2D eigenvalue weighted by Crippen LogP contribution is -2.24. The van der Waals surface area contributed by atoms with Crippen molar-refractivity contribution in [3.8, 4) is 5.75 Å². The fourth-order valence-corrected chi connectivity index (χ4v) is 2.74. The molecule has 7 heteroatoms. The van der Waals surface area contributed by atoms with Crippen LogP contribution in [0.2, 0.25) is 5.02 Å². The Bertz CT molecular complexity index is 805. The number of nitrogens with zero attached hydrogens (tertiary/aromatic N) is 2. The van der Waals surface area contributed by atoms with Crippen LogP contribution in [0.5, 0.6) is 5.75 Å². The van der Waals surface area contributed by atoms with Gasteiger partial charge in [0.15, 0.2) is 0 Å². The molecule has 26 heavy (non-hydrogen) atoms. The largest absolute Gasteiger partial charge is 0.493 e. The van der Waals surface area contributed by atoms with E-state index in [1.807, 2.05) is 26.0 Å². The summed E-state index contributed by atoms with van der Waals surface area (Å²) < 4.78 is 7.17. The first kappa shape index (κ1) is 20.0. The van der Waals surface area contributed by atoms with Crippen molar-refractivity contribution in [2.75, 3.05) is 18.5 Å². The summed E-state index contributed by atoms with van der Waals surface area (Å²) in [5.41, 5.74) is 1.91. The zero-order valence-electron chi connectivity index (χ0n) is 15.1. The summed E-state index contributed by atoms with van der Waals surface area (Å²) in [6.45, 7) is 5.67. The molecule has 0 aliphatic heterocycles. The number of aromatic nitrogens is 2. The molecule has 1 N–H and O–H groups in total. The van der Waals surface area contributed by atoms with Gasteiger partial charge in [0.1, 0.15) is 17.1 Å². The van der Waals surface area contributed by atoms with Crippen molar-refractivity contribution in [2.24, 2.45) is 0 Å². The molecule has 0 saturated carbocycles. The third-order valence-electron chi connectivity index (χ3n) is 3.92. The van der Waals surface area contributed by atoms with E-state index in [4.69, 9.17) is 16.3 Å². The lowest BCUT2D eigenvalue weighted by atomic mass is 10.1. The zero-order chi connectivity index (χ0) is 18.9. The number of carbonyl (C=O) groups is 1. The number of rotatable bonds is 10. The fraction of sp³-hybridized carbons (Fsp3) is 0.421. The first-order chi connectivity index (χ1) is 12.6. The monoisotopic (exact) mass is 377 g/mol. The van der Waals surface area contributed by atoms with E-state index in [1.165, 1.54) is 4.68 Å². The topological polar surface area (TPSA) is 73.2 Å². The number of anilines is 1. The highest BCUT2D eigenvalue weighted by Gasteiger charge is 2.08. The highest BCUT2D eigenvalue weighted by Crippen LogP contribution is 2.20. The second-order valence-corrected chi connectivity index (χ2v) is 6.25. The lowest BCUT2D eigenvalue weighted by molar-refractivity contribution is 0.112. The van der Waals surface area contributed by atoms with E-state index in [1.54, 1.807) is 12.3 Å². The molecule has 0 aliphatic carbocycles. The van der Waals surface area contributed by atoms with Gasteiger partial charge in [-0.25, -0.2) is 4.68 Å². The normalized spacial score (nSPS) is 10.6. The molecule has 0 spiro atoms. The molecule has 2 rings (SSSR count). The van der Waals surface area contributed by atoms with Crippen LogP contribution in [-0.2, 0) is 13.0 Å². The van der Waals surface area contributed by atoms with Gasteiger partial charge in [-0.3, -0.25) is 9.59 Å². The van der Waals surface area contributed by atoms with Gasteiger partial charge in [-0.05, 0) is 43.0 Å². The van der Waals surface area contributed by atoms with Gasteiger partial charge in [0, 0.05) is 18.7 Å². The molecule has 0 radical (unpaired) electrons. The zero-order valence-corrected chi connectivity index (χ0v) is 15.9. The van der Waals surface area contributed by atoms with Crippen LogP contribution in [0.15, 0.2) is 29.2 Å². The van der Waals surface area contributed by atoms with Crippen LogP contribution in [0.1, 0.15) is 42.6 Å². The summed E-state index contributed by atoms with van der Waals surface area (Å²) in [6.07, 6.45) is 4.76. The maximum absolute atomic E-state index is 12.1. The van der Waals surface area contributed by atoms with Crippen LogP contribution in [0, 0.1) is 0 Å². The molecular weight excluding hydrogens is 354 g/mol. The molecule has 0 fully saturated rings. The Hall–Kier alpha value is -2.34. The first-order valence-corrected chi connectivity index (χ1v) is 9.18. The highest BCUT2D eigenvalue weighted by atomic mass is 35.5. The number of aldehydes is 1. The van der Waals surface area contributed by atoms with Crippen LogP contribution in [0.4, 0.5) is 5.69 Å². The third-order valence-corrected chi connectivity index (χ3v) is 4.28. The average Bonchev–Trinajstić information content (AvgIpc) is 2.67. The molecule has 0 aliphatic rings. The third kappa shape index (κ3) is 5.08. The fourth-order valence-electron chi connectivity index (χ4n) is 2.53. The maximum atomic E-state index is 12.1. The Morgan fingerprint density at radius 1 is 1.35 bits per heavy atom. The molecule has 0 amide bonds.